The smallest absolute Gasteiger partial charge is 0.407 e. The lowest BCUT2D eigenvalue weighted by atomic mass is 9.98. The Hall–Kier alpha value is -3.72. The highest BCUT2D eigenvalue weighted by Gasteiger charge is 2.38. The highest BCUT2D eigenvalue weighted by molar-refractivity contribution is 7.09. The van der Waals surface area contributed by atoms with Crippen LogP contribution in [0.25, 0.3) is 11.1 Å². The lowest BCUT2D eigenvalue weighted by Crippen LogP contribution is -2.53. The van der Waals surface area contributed by atoms with E-state index in [-0.39, 0.29) is 31.3 Å². The van der Waals surface area contributed by atoms with E-state index in [1.165, 1.54) is 30.1 Å². The van der Waals surface area contributed by atoms with Gasteiger partial charge in [0, 0.05) is 17.8 Å². The largest absolute Gasteiger partial charge is 0.480 e. The van der Waals surface area contributed by atoms with Crippen molar-refractivity contribution in [2.45, 2.75) is 38.8 Å². The van der Waals surface area contributed by atoms with E-state index in [1.807, 2.05) is 24.3 Å². The molecule has 0 fully saturated rings. The van der Waals surface area contributed by atoms with Crippen LogP contribution in [0.4, 0.5) is 4.79 Å². The maximum Gasteiger partial charge on any atom is 0.407 e. The maximum atomic E-state index is 12.8. The summed E-state index contributed by atoms with van der Waals surface area (Å²) in [7, 11) is 0. The van der Waals surface area contributed by atoms with Gasteiger partial charge in [0.1, 0.15) is 22.8 Å². The molecule has 0 spiro atoms. The van der Waals surface area contributed by atoms with Crippen molar-refractivity contribution >= 4 is 29.3 Å². The van der Waals surface area contributed by atoms with Crippen molar-refractivity contribution in [2.75, 3.05) is 13.2 Å². The molecular weight excluding hydrogens is 466 g/mol. The molecule has 0 saturated carbocycles. The molecule has 0 unspecified atom stereocenters. The molecule has 0 atom stereocenters. The quantitative estimate of drug-likeness (QED) is 0.478. The zero-order valence-corrected chi connectivity index (χ0v) is 20.6. The van der Waals surface area contributed by atoms with E-state index < -0.39 is 23.5 Å². The summed E-state index contributed by atoms with van der Waals surface area (Å²) >= 11 is 1.22. The number of carboxylic acids is 1. The van der Waals surface area contributed by atoms with Gasteiger partial charge in [0.15, 0.2) is 0 Å². The summed E-state index contributed by atoms with van der Waals surface area (Å²) in [6.45, 7) is 5.20. The van der Waals surface area contributed by atoms with Gasteiger partial charge in [-0.25, -0.2) is 14.6 Å². The molecule has 9 heteroatoms. The zero-order valence-electron chi connectivity index (χ0n) is 19.8. The molecule has 35 heavy (non-hydrogen) atoms. The molecule has 182 valence electrons. The topological polar surface area (TPSA) is 109 Å². The number of rotatable bonds is 8. The van der Waals surface area contributed by atoms with Gasteiger partial charge in [0.05, 0.1) is 6.54 Å². The fourth-order valence-corrected chi connectivity index (χ4v) is 5.04. The first-order valence-corrected chi connectivity index (χ1v) is 12.2. The van der Waals surface area contributed by atoms with E-state index >= 15 is 0 Å². The Bertz CT molecular complexity index is 1220. The monoisotopic (exact) mass is 493 g/mol. The van der Waals surface area contributed by atoms with E-state index in [1.54, 1.807) is 12.3 Å². The number of nitrogens with zero attached hydrogens (tertiary/aromatic N) is 2. The Balaban J connectivity index is 1.35. The lowest BCUT2D eigenvalue weighted by molar-refractivity contribution is -0.147. The second-order valence-corrected chi connectivity index (χ2v) is 9.66. The van der Waals surface area contributed by atoms with Gasteiger partial charge < -0.3 is 20.1 Å². The highest BCUT2D eigenvalue weighted by atomic mass is 32.1. The fourth-order valence-electron chi connectivity index (χ4n) is 4.33. The van der Waals surface area contributed by atoms with Crippen molar-refractivity contribution in [3.8, 4) is 11.1 Å². The van der Waals surface area contributed by atoms with Crippen LogP contribution in [0, 0.1) is 0 Å². The molecule has 1 aliphatic rings. The van der Waals surface area contributed by atoms with Crippen LogP contribution < -0.4 is 5.32 Å². The standard InChI is InChI=1S/C26H27N3O5S/c1-4-29(26(2,3)24(31)32)23(30)21-15-35-22(28-21)13-27-25(33)34-14-20-18-11-7-5-9-16(18)17-10-6-8-12-19(17)20/h5-12,15,20H,4,13-14H2,1-3H3,(H,27,33)(H,31,32). The molecule has 2 aromatic carbocycles. The molecule has 2 N–H and O–H groups in total. The van der Waals surface area contributed by atoms with E-state index in [0.29, 0.717) is 5.01 Å². The number of aliphatic carboxylic acids is 1. The number of thiazole rings is 1. The van der Waals surface area contributed by atoms with E-state index in [2.05, 4.69) is 34.6 Å². The molecule has 1 aromatic heterocycles. The predicted molar refractivity (Wildman–Crippen MR) is 132 cm³/mol. The van der Waals surface area contributed by atoms with Crippen LogP contribution in [0.3, 0.4) is 0 Å². The second kappa shape index (κ2) is 9.87. The molecule has 0 bridgehead atoms. The average Bonchev–Trinajstić information content (AvgIpc) is 3.44. The lowest BCUT2D eigenvalue weighted by Gasteiger charge is -2.33. The number of fused-ring (bicyclic) bond motifs is 3. The van der Waals surface area contributed by atoms with Gasteiger partial charge >= 0.3 is 12.1 Å². The normalized spacial score (nSPS) is 12.5. The van der Waals surface area contributed by atoms with Crippen LogP contribution in [0.15, 0.2) is 53.9 Å². The van der Waals surface area contributed by atoms with Crippen LogP contribution in [0.5, 0.6) is 0 Å². The summed E-state index contributed by atoms with van der Waals surface area (Å²) in [4.78, 5) is 42.3. The van der Waals surface area contributed by atoms with Crippen LogP contribution in [-0.2, 0) is 16.1 Å². The minimum absolute atomic E-state index is 0.0325. The molecule has 3 aromatic rings. The Morgan fingerprint density at radius 1 is 1.09 bits per heavy atom. The number of carbonyl (C=O) groups excluding carboxylic acids is 2. The minimum atomic E-state index is -1.37. The first kappa shape index (κ1) is 24.4. The predicted octanol–water partition coefficient (Wildman–Crippen LogP) is 4.51. The van der Waals surface area contributed by atoms with Gasteiger partial charge in [-0.05, 0) is 43.0 Å². The number of likely N-dealkylation sites (N-methyl/N-ethyl adjacent to an activating group) is 1. The third-order valence-corrected chi connectivity index (χ3v) is 7.11. The number of hydrogen-bond acceptors (Lipinski definition) is 6. The molecule has 1 aliphatic carbocycles. The van der Waals surface area contributed by atoms with Crippen LogP contribution >= 0.6 is 11.3 Å². The van der Waals surface area contributed by atoms with Crippen molar-refractivity contribution in [2.24, 2.45) is 0 Å². The van der Waals surface area contributed by atoms with Crippen molar-refractivity contribution in [1.29, 1.82) is 0 Å². The second-order valence-electron chi connectivity index (χ2n) is 8.72. The first-order valence-electron chi connectivity index (χ1n) is 11.3. The number of amides is 2. The third kappa shape index (κ3) is 4.77. The molecule has 2 amide bonds. The molecule has 4 rings (SSSR count). The highest BCUT2D eigenvalue weighted by Crippen LogP contribution is 2.44. The van der Waals surface area contributed by atoms with Gasteiger partial charge in [-0.3, -0.25) is 4.79 Å². The van der Waals surface area contributed by atoms with Gasteiger partial charge in [-0.2, -0.15) is 0 Å². The van der Waals surface area contributed by atoms with Crippen LogP contribution in [-0.4, -0.2) is 51.7 Å². The van der Waals surface area contributed by atoms with E-state index in [9.17, 15) is 19.5 Å². The minimum Gasteiger partial charge on any atom is -0.480 e. The summed E-state index contributed by atoms with van der Waals surface area (Å²) < 4.78 is 5.53. The van der Waals surface area contributed by atoms with Crippen molar-refractivity contribution in [3.05, 3.63) is 75.7 Å². The number of hydrogen-bond donors (Lipinski definition) is 2. The van der Waals surface area contributed by atoms with Gasteiger partial charge in [0.2, 0.25) is 0 Å². The Morgan fingerprint density at radius 2 is 1.69 bits per heavy atom. The maximum absolute atomic E-state index is 12.8. The van der Waals surface area contributed by atoms with Crippen LogP contribution in [0.1, 0.15) is 53.3 Å². The third-order valence-electron chi connectivity index (χ3n) is 6.26. The number of aromatic nitrogens is 1. The fraction of sp³-hybridized carbons (Fsp3) is 0.308. The molecule has 0 radical (unpaired) electrons. The Labute approximate surface area is 207 Å². The SMILES string of the molecule is CCN(C(=O)c1csc(CNC(=O)OCC2c3ccccc3-c3ccccc32)n1)C(C)(C)C(=O)O. The van der Waals surface area contributed by atoms with Crippen LogP contribution in [0.2, 0.25) is 0 Å². The van der Waals surface area contributed by atoms with E-state index in [4.69, 9.17) is 4.74 Å². The van der Waals surface area contributed by atoms with Gasteiger partial charge in [0.25, 0.3) is 5.91 Å². The Kier molecular flexibility index (Phi) is 6.88. The Morgan fingerprint density at radius 3 is 2.26 bits per heavy atom. The van der Waals surface area contributed by atoms with E-state index in [0.717, 1.165) is 22.3 Å². The number of ether oxygens (including phenoxy) is 1. The zero-order chi connectivity index (χ0) is 25.2. The summed E-state index contributed by atoms with van der Waals surface area (Å²) in [6, 6.07) is 16.2. The molecular formula is C26H27N3O5S. The van der Waals surface area contributed by atoms with Gasteiger partial charge in [-0.15, -0.1) is 11.3 Å². The van der Waals surface area contributed by atoms with Gasteiger partial charge in [-0.1, -0.05) is 48.5 Å². The summed E-state index contributed by atoms with van der Waals surface area (Å²) in [5, 5.41) is 14.2. The summed E-state index contributed by atoms with van der Waals surface area (Å²) in [6.07, 6.45) is -0.572. The molecule has 0 saturated heterocycles. The number of carbonyl (C=O) groups is 3. The summed E-state index contributed by atoms with van der Waals surface area (Å²) in [5.74, 6) is -1.60. The number of alkyl carbamates (subject to hydrolysis) is 1. The van der Waals surface area contributed by atoms with Crippen molar-refractivity contribution in [3.63, 3.8) is 0 Å². The van der Waals surface area contributed by atoms with Crippen molar-refractivity contribution < 1.29 is 24.2 Å². The van der Waals surface area contributed by atoms with Crippen molar-refractivity contribution in [1.82, 2.24) is 15.2 Å². The first-order chi connectivity index (χ1) is 16.7. The number of nitrogens with one attached hydrogen (secondary N) is 1. The number of benzene rings is 2. The molecule has 1 heterocycles. The number of carboxylic acid groups (broad SMARTS) is 1. The average molecular weight is 494 g/mol. The molecule has 0 aliphatic heterocycles. The summed E-state index contributed by atoms with van der Waals surface area (Å²) in [5.41, 5.74) is 3.36. The molecule has 8 nitrogen and oxygen atoms in total.